The standard InChI is InChI=1S/C18H22O6/c1-4-24-18(22)10-7-14(12(2)19)15(20)8-5-13-6-9-16(21)17(11-13)23-3/h5-6,8-9,11,14,21H,4,7,10H2,1-3H3. The minimum atomic E-state index is -0.871. The molecule has 6 heteroatoms. The van der Waals surface area contributed by atoms with Gasteiger partial charge < -0.3 is 14.6 Å². The van der Waals surface area contributed by atoms with Gasteiger partial charge in [0.15, 0.2) is 17.3 Å². The lowest BCUT2D eigenvalue weighted by Crippen LogP contribution is -2.21. The molecule has 6 nitrogen and oxygen atoms in total. The highest BCUT2D eigenvalue weighted by Crippen LogP contribution is 2.26. The molecule has 0 spiro atoms. The molecule has 0 bridgehead atoms. The summed E-state index contributed by atoms with van der Waals surface area (Å²) < 4.78 is 9.79. The van der Waals surface area contributed by atoms with Gasteiger partial charge in [0.1, 0.15) is 5.78 Å². The van der Waals surface area contributed by atoms with Crippen LogP contribution in [0.4, 0.5) is 0 Å². The Labute approximate surface area is 141 Å². The van der Waals surface area contributed by atoms with Crippen LogP contribution in [0.2, 0.25) is 0 Å². The maximum absolute atomic E-state index is 12.2. The van der Waals surface area contributed by atoms with Crippen LogP contribution in [-0.4, -0.2) is 36.4 Å². The molecule has 0 heterocycles. The number of ether oxygens (including phenoxy) is 2. The quantitative estimate of drug-likeness (QED) is 0.424. The first-order valence-electron chi connectivity index (χ1n) is 7.64. The normalized spacial score (nSPS) is 12.0. The van der Waals surface area contributed by atoms with Crippen molar-refractivity contribution in [2.24, 2.45) is 5.92 Å². The summed E-state index contributed by atoms with van der Waals surface area (Å²) in [5.74, 6) is -1.68. The molecule has 24 heavy (non-hydrogen) atoms. The van der Waals surface area contributed by atoms with Gasteiger partial charge in [0.2, 0.25) is 0 Å². The third-order valence-electron chi connectivity index (χ3n) is 3.42. The molecule has 1 N–H and O–H groups in total. The van der Waals surface area contributed by atoms with E-state index in [4.69, 9.17) is 9.47 Å². The highest BCUT2D eigenvalue weighted by Gasteiger charge is 2.22. The van der Waals surface area contributed by atoms with Crippen molar-refractivity contribution < 1.29 is 29.0 Å². The van der Waals surface area contributed by atoms with Gasteiger partial charge in [-0.3, -0.25) is 14.4 Å². The molecule has 1 aromatic rings. The monoisotopic (exact) mass is 334 g/mol. The number of ketones is 2. The van der Waals surface area contributed by atoms with Crippen LogP contribution < -0.4 is 4.74 Å². The van der Waals surface area contributed by atoms with E-state index in [1.165, 1.54) is 32.3 Å². The molecule has 0 aliphatic carbocycles. The Balaban J connectivity index is 2.77. The molecule has 1 unspecified atom stereocenters. The topological polar surface area (TPSA) is 89.9 Å². The fourth-order valence-corrected chi connectivity index (χ4v) is 2.13. The molecule has 0 saturated carbocycles. The minimum absolute atomic E-state index is 0.00275. The predicted octanol–water partition coefficient (Wildman–Crippen LogP) is 2.53. The second-order valence-corrected chi connectivity index (χ2v) is 5.17. The van der Waals surface area contributed by atoms with E-state index in [0.29, 0.717) is 5.56 Å². The molecular formula is C18H22O6. The highest BCUT2D eigenvalue weighted by molar-refractivity contribution is 6.08. The summed E-state index contributed by atoms with van der Waals surface area (Å²) in [4.78, 5) is 35.2. The van der Waals surface area contributed by atoms with E-state index in [2.05, 4.69) is 0 Å². The van der Waals surface area contributed by atoms with Gasteiger partial charge in [-0.05, 0) is 44.0 Å². The molecule has 0 fully saturated rings. The van der Waals surface area contributed by atoms with Gasteiger partial charge in [-0.2, -0.15) is 0 Å². The predicted molar refractivity (Wildman–Crippen MR) is 88.7 cm³/mol. The van der Waals surface area contributed by atoms with E-state index < -0.39 is 11.9 Å². The van der Waals surface area contributed by atoms with Crippen LogP contribution in [0.3, 0.4) is 0 Å². The summed E-state index contributed by atoms with van der Waals surface area (Å²) in [5.41, 5.74) is 0.644. The molecule has 0 aromatic heterocycles. The summed E-state index contributed by atoms with van der Waals surface area (Å²) in [6.07, 6.45) is 2.97. The van der Waals surface area contributed by atoms with E-state index in [0.717, 1.165) is 0 Å². The first kappa shape index (κ1) is 19.4. The number of methoxy groups -OCH3 is 1. The number of hydrogen-bond donors (Lipinski definition) is 1. The Hall–Kier alpha value is -2.63. The minimum Gasteiger partial charge on any atom is -0.504 e. The average Bonchev–Trinajstić information content (AvgIpc) is 2.54. The second kappa shape index (κ2) is 9.50. The van der Waals surface area contributed by atoms with Crippen molar-refractivity contribution in [3.63, 3.8) is 0 Å². The number of aromatic hydroxyl groups is 1. The van der Waals surface area contributed by atoms with E-state index >= 15 is 0 Å². The van der Waals surface area contributed by atoms with Crippen LogP contribution in [-0.2, 0) is 19.1 Å². The van der Waals surface area contributed by atoms with Crippen molar-refractivity contribution in [2.75, 3.05) is 13.7 Å². The van der Waals surface area contributed by atoms with Gasteiger partial charge in [-0.15, -0.1) is 0 Å². The van der Waals surface area contributed by atoms with Gasteiger partial charge in [-0.25, -0.2) is 0 Å². The number of carbonyl (C=O) groups excluding carboxylic acids is 3. The summed E-state index contributed by atoms with van der Waals surface area (Å²) in [7, 11) is 1.43. The lowest BCUT2D eigenvalue weighted by atomic mass is 9.93. The zero-order chi connectivity index (χ0) is 18.1. The zero-order valence-corrected chi connectivity index (χ0v) is 14.1. The van der Waals surface area contributed by atoms with Crippen LogP contribution in [0.15, 0.2) is 24.3 Å². The van der Waals surface area contributed by atoms with Crippen molar-refractivity contribution in [3.05, 3.63) is 29.8 Å². The molecule has 0 saturated heterocycles. The van der Waals surface area contributed by atoms with Crippen molar-refractivity contribution in [1.82, 2.24) is 0 Å². The number of benzene rings is 1. The first-order valence-corrected chi connectivity index (χ1v) is 7.64. The summed E-state index contributed by atoms with van der Waals surface area (Å²) >= 11 is 0. The van der Waals surface area contributed by atoms with Crippen LogP contribution in [0.1, 0.15) is 32.3 Å². The molecule has 0 aliphatic rings. The Morgan fingerprint density at radius 2 is 2.00 bits per heavy atom. The SMILES string of the molecule is CCOC(=O)CCC(C(C)=O)C(=O)C=Cc1ccc(O)c(OC)c1. The van der Waals surface area contributed by atoms with Crippen molar-refractivity contribution in [2.45, 2.75) is 26.7 Å². The largest absolute Gasteiger partial charge is 0.504 e. The number of Topliss-reactive ketones (excluding diaryl/α,β-unsaturated/α-hetero) is 1. The number of phenolic OH excluding ortho intramolecular Hbond substituents is 1. The smallest absolute Gasteiger partial charge is 0.305 e. The number of carbonyl (C=O) groups is 3. The third-order valence-corrected chi connectivity index (χ3v) is 3.42. The van der Waals surface area contributed by atoms with Crippen LogP contribution in [0.25, 0.3) is 6.08 Å². The molecule has 1 atom stereocenters. The van der Waals surface area contributed by atoms with Crippen molar-refractivity contribution in [3.8, 4) is 11.5 Å². The summed E-state index contributed by atoms with van der Waals surface area (Å²) in [5, 5.41) is 9.53. The molecule has 0 amide bonds. The first-order chi connectivity index (χ1) is 11.4. The molecule has 0 radical (unpaired) electrons. The number of allylic oxidation sites excluding steroid dienone is 1. The highest BCUT2D eigenvalue weighted by atomic mass is 16.5. The van der Waals surface area contributed by atoms with E-state index in [1.54, 1.807) is 19.1 Å². The van der Waals surface area contributed by atoms with Crippen LogP contribution in [0, 0.1) is 5.92 Å². The summed E-state index contributed by atoms with van der Waals surface area (Å²) in [6.45, 7) is 3.28. The zero-order valence-electron chi connectivity index (χ0n) is 14.1. The van der Waals surface area contributed by atoms with Crippen molar-refractivity contribution >= 4 is 23.6 Å². The van der Waals surface area contributed by atoms with Gasteiger partial charge in [0.05, 0.1) is 19.6 Å². The van der Waals surface area contributed by atoms with Gasteiger partial charge >= 0.3 is 5.97 Å². The molecule has 1 rings (SSSR count). The molecular weight excluding hydrogens is 312 g/mol. The van der Waals surface area contributed by atoms with E-state index in [-0.39, 0.29) is 42.5 Å². The third kappa shape index (κ3) is 5.87. The number of phenols is 1. The van der Waals surface area contributed by atoms with E-state index in [9.17, 15) is 19.5 Å². The number of rotatable bonds is 9. The average molecular weight is 334 g/mol. The maximum Gasteiger partial charge on any atom is 0.305 e. The number of esters is 1. The van der Waals surface area contributed by atoms with Gasteiger partial charge in [0, 0.05) is 6.42 Å². The van der Waals surface area contributed by atoms with E-state index in [1.807, 2.05) is 0 Å². The Morgan fingerprint density at radius 1 is 1.29 bits per heavy atom. The molecule has 1 aromatic carbocycles. The summed E-state index contributed by atoms with van der Waals surface area (Å²) in [6, 6.07) is 4.63. The number of hydrogen-bond acceptors (Lipinski definition) is 6. The van der Waals surface area contributed by atoms with Crippen LogP contribution >= 0.6 is 0 Å². The Kier molecular flexibility index (Phi) is 7.68. The fraction of sp³-hybridized carbons (Fsp3) is 0.389. The Bertz CT molecular complexity index is 632. The lowest BCUT2D eigenvalue weighted by Gasteiger charge is -2.10. The molecule has 0 aliphatic heterocycles. The molecule has 130 valence electrons. The van der Waals surface area contributed by atoms with Crippen LogP contribution in [0.5, 0.6) is 11.5 Å². The fourth-order valence-electron chi connectivity index (χ4n) is 2.13. The Morgan fingerprint density at radius 3 is 2.58 bits per heavy atom. The van der Waals surface area contributed by atoms with Gasteiger partial charge in [0.25, 0.3) is 0 Å². The van der Waals surface area contributed by atoms with Crippen molar-refractivity contribution in [1.29, 1.82) is 0 Å². The maximum atomic E-state index is 12.2. The second-order valence-electron chi connectivity index (χ2n) is 5.17. The van der Waals surface area contributed by atoms with Gasteiger partial charge in [-0.1, -0.05) is 12.1 Å². The lowest BCUT2D eigenvalue weighted by molar-refractivity contribution is -0.143.